The number of carboxylic acids is 1. The lowest BCUT2D eigenvalue weighted by molar-refractivity contribution is -0.203. The van der Waals surface area contributed by atoms with E-state index >= 15 is 0 Å². The Labute approximate surface area is 220 Å². The molecule has 0 heterocycles. The van der Waals surface area contributed by atoms with Gasteiger partial charge in [-0.3, -0.25) is 4.79 Å². The zero-order valence-electron chi connectivity index (χ0n) is 22.6. The zero-order chi connectivity index (χ0) is 27.6. The Morgan fingerprint density at radius 2 is 1.54 bits per heavy atom. The molecule has 0 bridgehead atoms. The van der Waals surface area contributed by atoms with Crippen LogP contribution < -0.4 is 0 Å². The Morgan fingerprint density at radius 3 is 2.00 bits per heavy atom. The summed E-state index contributed by atoms with van der Waals surface area (Å²) in [5.41, 5.74) is -0.517. The largest absolute Gasteiger partial charge is 0.481 e. The van der Waals surface area contributed by atoms with E-state index < -0.39 is 54.9 Å². The Morgan fingerprint density at radius 1 is 1.00 bits per heavy atom. The van der Waals surface area contributed by atoms with Crippen LogP contribution in [0.1, 0.15) is 78.6 Å². The van der Waals surface area contributed by atoms with Gasteiger partial charge in [0, 0.05) is 0 Å². The summed E-state index contributed by atoms with van der Waals surface area (Å²) >= 11 is 0. The smallest absolute Gasteiger partial charge is 0.310 e. The molecular weight excluding hydrogens is 476 g/mol. The van der Waals surface area contributed by atoms with Crippen molar-refractivity contribution in [2.45, 2.75) is 96.9 Å². The quantitative estimate of drug-likeness (QED) is 0.205. The van der Waals surface area contributed by atoms with Crippen molar-refractivity contribution in [3.8, 4) is 0 Å². The summed E-state index contributed by atoms with van der Waals surface area (Å²) in [7, 11) is 0. The molecule has 3 aliphatic rings. The maximum absolute atomic E-state index is 13.6. The fourth-order valence-electron chi connectivity index (χ4n) is 8.49. The highest BCUT2D eigenvalue weighted by molar-refractivity contribution is 5.77. The molecule has 3 rings (SSSR count). The molecule has 0 radical (unpaired) electrons. The molecule has 0 amide bonds. The molecule has 8 nitrogen and oxygen atoms in total. The summed E-state index contributed by atoms with van der Waals surface area (Å²) in [6.07, 6.45) is 4.30. The van der Waals surface area contributed by atoms with Crippen molar-refractivity contribution < 1.29 is 40.5 Å². The van der Waals surface area contributed by atoms with Gasteiger partial charge >= 0.3 is 5.97 Å². The molecule has 0 aliphatic heterocycles. The third-order valence-corrected chi connectivity index (χ3v) is 10.1. The highest BCUT2D eigenvalue weighted by atomic mass is 16.4. The van der Waals surface area contributed by atoms with Gasteiger partial charge in [-0.05, 0) is 85.5 Å². The van der Waals surface area contributed by atoms with Gasteiger partial charge in [-0.2, -0.15) is 0 Å². The molecule has 0 aromatic heterocycles. The molecule has 7 atom stereocenters. The van der Waals surface area contributed by atoms with E-state index in [1.807, 2.05) is 0 Å². The van der Waals surface area contributed by atoms with Crippen LogP contribution in [0.25, 0.3) is 0 Å². The first kappa shape index (κ1) is 30.3. The summed E-state index contributed by atoms with van der Waals surface area (Å²) < 4.78 is 0. The van der Waals surface area contributed by atoms with Crippen molar-refractivity contribution in [3.63, 3.8) is 0 Å². The molecule has 0 saturated heterocycles. The maximum Gasteiger partial charge on any atom is 0.310 e. The van der Waals surface area contributed by atoms with Gasteiger partial charge in [0.25, 0.3) is 0 Å². The third kappa shape index (κ3) is 5.43. The average molecular weight is 525 g/mol. The Balaban J connectivity index is 2.23. The van der Waals surface area contributed by atoms with E-state index in [0.29, 0.717) is 25.2 Å². The standard InChI is InChI=1S/C29H48O8/c1-18(2)19-5-7-24-20(11-19)6-8-25-27(24,3)9-4-10-29(25,26(36)37)28(12-21(33)15-30,13-22(34)16-31)14-23(35)17-32/h6,11,18,21-25,30-35H,4-5,7-10,12-17H2,1-3H3,(H,36,37)/t21?,22?,23?,24-,25?,27-,28?,29-/m1/s1. The van der Waals surface area contributed by atoms with Crippen LogP contribution in [-0.4, -0.2) is 79.8 Å². The van der Waals surface area contributed by atoms with Gasteiger partial charge < -0.3 is 35.7 Å². The van der Waals surface area contributed by atoms with Gasteiger partial charge in [0.15, 0.2) is 0 Å². The topological polar surface area (TPSA) is 159 Å². The number of allylic oxidation sites excluding steroid dienone is 4. The first-order valence-electron chi connectivity index (χ1n) is 13.9. The van der Waals surface area contributed by atoms with Crippen LogP contribution in [0.15, 0.2) is 23.3 Å². The van der Waals surface area contributed by atoms with Crippen LogP contribution in [0.5, 0.6) is 0 Å². The normalized spacial score (nSPS) is 33.9. The van der Waals surface area contributed by atoms with Gasteiger partial charge in [-0.15, -0.1) is 0 Å². The number of fused-ring (bicyclic) bond motifs is 3. The van der Waals surface area contributed by atoms with Crippen LogP contribution >= 0.6 is 0 Å². The van der Waals surface area contributed by atoms with Crippen molar-refractivity contribution in [3.05, 3.63) is 23.3 Å². The Bertz CT molecular complexity index is 835. The Kier molecular flexibility index (Phi) is 9.68. The van der Waals surface area contributed by atoms with Gasteiger partial charge in [0.05, 0.1) is 43.5 Å². The minimum absolute atomic E-state index is 0.171. The van der Waals surface area contributed by atoms with Crippen LogP contribution in [0.4, 0.5) is 0 Å². The lowest BCUT2D eigenvalue weighted by Gasteiger charge is -2.64. The number of aliphatic hydroxyl groups is 6. The van der Waals surface area contributed by atoms with Crippen molar-refractivity contribution in [2.24, 2.45) is 34.0 Å². The molecular formula is C29H48O8. The first-order chi connectivity index (χ1) is 17.4. The Hall–Kier alpha value is -1.29. The van der Waals surface area contributed by atoms with Gasteiger partial charge in [0.1, 0.15) is 0 Å². The lowest BCUT2D eigenvalue weighted by atomic mass is 9.39. The number of rotatable bonds is 12. The average Bonchev–Trinajstić information content (AvgIpc) is 2.86. The fraction of sp³-hybridized carbons (Fsp3) is 0.828. The second kappa shape index (κ2) is 11.8. The van der Waals surface area contributed by atoms with E-state index in [2.05, 4.69) is 32.9 Å². The molecule has 0 aromatic rings. The number of aliphatic carboxylic acids is 1. The minimum Gasteiger partial charge on any atom is -0.481 e. The summed E-state index contributed by atoms with van der Waals surface area (Å²) in [6.45, 7) is 4.77. The fourth-order valence-corrected chi connectivity index (χ4v) is 8.49. The molecule has 0 spiro atoms. The van der Waals surface area contributed by atoms with E-state index in [4.69, 9.17) is 0 Å². The molecule has 1 fully saturated rings. The van der Waals surface area contributed by atoms with Crippen molar-refractivity contribution in [1.29, 1.82) is 0 Å². The summed E-state index contributed by atoms with van der Waals surface area (Å²) in [6, 6.07) is 0. The molecule has 3 aliphatic carbocycles. The van der Waals surface area contributed by atoms with E-state index in [-0.39, 0.29) is 36.5 Å². The summed E-state index contributed by atoms with van der Waals surface area (Å²) in [5.74, 6) is -0.769. The number of carbonyl (C=O) groups is 1. The maximum atomic E-state index is 13.6. The second-order valence-electron chi connectivity index (χ2n) is 12.5. The molecule has 4 unspecified atom stereocenters. The molecule has 7 N–H and O–H groups in total. The highest BCUT2D eigenvalue weighted by Crippen LogP contribution is 2.69. The number of carboxylic acid groups (broad SMARTS) is 1. The molecule has 8 heteroatoms. The molecule has 1 saturated carbocycles. The van der Waals surface area contributed by atoms with Crippen LogP contribution in [0, 0.1) is 34.0 Å². The van der Waals surface area contributed by atoms with Crippen molar-refractivity contribution in [1.82, 2.24) is 0 Å². The van der Waals surface area contributed by atoms with Gasteiger partial charge in [-0.25, -0.2) is 0 Å². The summed E-state index contributed by atoms with van der Waals surface area (Å²) in [5, 5.41) is 72.4. The zero-order valence-corrected chi connectivity index (χ0v) is 22.6. The molecule has 0 aromatic carbocycles. The van der Waals surface area contributed by atoms with E-state index in [9.17, 15) is 40.5 Å². The third-order valence-electron chi connectivity index (χ3n) is 10.1. The predicted octanol–water partition coefficient (Wildman–Crippen LogP) is 2.40. The molecule has 212 valence electrons. The summed E-state index contributed by atoms with van der Waals surface area (Å²) in [4.78, 5) is 13.6. The second-order valence-corrected chi connectivity index (χ2v) is 12.5. The monoisotopic (exact) mass is 524 g/mol. The number of hydrogen-bond donors (Lipinski definition) is 7. The van der Waals surface area contributed by atoms with E-state index in [1.165, 1.54) is 11.1 Å². The van der Waals surface area contributed by atoms with Gasteiger partial charge in [-0.1, -0.05) is 44.9 Å². The first-order valence-corrected chi connectivity index (χ1v) is 13.9. The highest BCUT2D eigenvalue weighted by Gasteiger charge is 2.67. The van der Waals surface area contributed by atoms with Crippen molar-refractivity contribution >= 4 is 5.97 Å². The van der Waals surface area contributed by atoms with E-state index in [0.717, 1.165) is 19.3 Å². The number of hydrogen-bond acceptors (Lipinski definition) is 7. The lowest BCUT2D eigenvalue weighted by Crippen LogP contribution is -2.63. The molecule has 37 heavy (non-hydrogen) atoms. The number of aliphatic hydroxyl groups excluding tert-OH is 6. The van der Waals surface area contributed by atoms with Gasteiger partial charge in [0.2, 0.25) is 0 Å². The van der Waals surface area contributed by atoms with Crippen LogP contribution in [0.3, 0.4) is 0 Å². The van der Waals surface area contributed by atoms with Crippen LogP contribution in [-0.2, 0) is 4.79 Å². The van der Waals surface area contributed by atoms with E-state index in [1.54, 1.807) is 0 Å². The van der Waals surface area contributed by atoms with Crippen LogP contribution in [0.2, 0.25) is 0 Å². The van der Waals surface area contributed by atoms with Crippen molar-refractivity contribution in [2.75, 3.05) is 19.8 Å². The minimum atomic E-state index is -1.45. The SMILES string of the molecule is CC(C)C1=CC2=CCC3[C@](C)(CCC[C@@]3(C(=O)O)C(CC(O)CO)(CC(O)CO)CC(O)CO)[C@@H]2CC1. The predicted molar refractivity (Wildman–Crippen MR) is 139 cm³/mol.